The Labute approximate surface area is 143 Å². The third-order valence-electron chi connectivity index (χ3n) is 5.27. The lowest BCUT2D eigenvalue weighted by atomic mass is 9.71. The van der Waals surface area contributed by atoms with Crippen LogP contribution in [0.3, 0.4) is 0 Å². The number of aromatic nitrogens is 2. The van der Waals surface area contributed by atoms with Crippen molar-refractivity contribution in [2.75, 3.05) is 13.1 Å². The van der Waals surface area contributed by atoms with Crippen LogP contribution in [0.5, 0.6) is 0 Å². The molecule has 1 amide bonds. The third-order valence-corrected chi connectivity index (χ3v) is 5.27. The van der Waals surface area contributed by atoms with E-state index in [2.05, 4.69) is 20.6 Å². The van der Waals surface area contributed by atoms with Crippen LogP contribution in [-0.2, 0) is 0 Å². The van der Waals surface area contributed by atoms with Gasteiger partial charge in [-0.05, 0) is 56.7 Å². The summed E-state index contributed by atoms with van der Waals surface area (Å²) in [5.41, 5.74) is 0.438. The summed E-state index contributed by atoms with van der Waals surface area (Å²) in [5.74, 6) is 1.61. The van der Waals surface area contributed by atoms with Crippen molar-refractivity contribution in [2.45, 2.75) is 57.6 Å². The zero-order valence-electron chi connectivity index (χ0n) is 14.5. The van der Waals surface area contributed by atoms with Crippen molar-refractivity contribution < 1.29 is 9.90 Å². The molecule has 1 aromatic rings. The minimum Gasteiger partial charge on any atom is -0.393 e. The molecule has 24 heavy (non-hydrogen) atoms. The highest BCUT2D eigenvalue weighted by Gasteiger charge is 2.39. The number of nitrogens with zero attached hydrogens (tertiary/aromatic N) is 2. The number of hydrogen-bond acceptors (Lipinski definition) is 5. The highest BCUT2D eigenvalue weighted by atomic mass is 16.3. The van der Waals surface area contributed by atoms with Crippen LogP contribution in [0.25, 0.3) is 0 Å². The lowest BCUT2D eigenvalue weighted by Crippen LogP contribution is -2.53. The lowest BCUT2D eigenvalue weighted by molar-refractivity contribution is 0.00912. The maximum Gasteiger partial charge on any atom is 0.270 e. The van der Waals surface area contributed by atoms with Crippen LogP contribution in [0, 0.1) is 11.8 Å². The van der Waals surface area contributed by atoms with Crippen LogP contribution in [0.4, 0.5) is 0 Å². The van der Waals surface area contributed by atoms with E-state index in [1.54, 1.807) is 12.3 Å². The summed E-state index contributed by atoms with van der Waals surface area (Å²) in [4.78, 5) is 21.4. The molecule has 1 aliphatic heterocycles. The zero-order chi connectivity index (χ0) is 17.1. The molecule has 1 saturated heterocycles. The van der Waals surface area contributed by atoms with Gasteiger partial charge in [-0.2, -0.15) is 0 Å². The second kappa shape index (κ2) is 7.57. The Hall–Kier alpha value is -1.53. The smallest absolute Gasteiger partial charge is 0.270 e. The summed E-state index contributed by atoms with van der Waals surface area (Å²) in [6, 6.07) is 1.80. The Morgan fingerprint density at radius 3 is 2.62 bits per heavy atom. The first-order valence-corrected chi connectivity index (χ1v) is 9.07. The van der Waals surface area contributed by atoms with Gasteiger partial charge in [-0.15, -0.1) is 0 Å². The minimum atomic E-state index is -0.206. The summed E-state index contributed by atoms with van der Waals surface area (Å²) in [7, 11) is 0. The molecule has 1 saturated carbocycles. The van der Waals surface area contributed by atoms with E-state index in [0.29, 0.717) is 23.4 Å². The molecule has 2 aliphatic rings. The number of carbonyl (C=O) groups excluding carboxylic acids is 1. The summed E-state index contributed by atoms with van der Waals surface area (Å²) in [6.45, 7) is 6.03. The van der Waals surface area contributed by atoms with Gasteiger partial charge in [0.2, 0.25) is 0 Å². The standard InChI is InChI=1S/C18H28N4O2/c1-11(2)17-20-8-5-15(21-17)18(24)22-16(13-9-14(23)10-13)12-3-6-19-7-4-12/h5,8,11-14,16,19,23H,3-4,6-7,9-10H2,1-2H3,(H,22,24)/t13?,14?,16-/m1/s1. The van der Waals surface area contributed by atoms with Crippen molar-refractivity contribution >= 4 is 5.91 Å². The number of aliphatic hydroxyl groups is 1. The van der Waals surface area contributed by atoms with Crippen LogP contribution in [0.1, 0.15) is 61.8 Å². The van der Waals surface area contributed by atoms with Crippen molar-refractivity contribution in [1.29, 1.82) is 0 Å². The normalized spacial score (nSPS) is 26.0. The Morgan fingerprint density at radius 2 is 2.00 bits per heavy atom. The van der Waals surface area contributed by atoms with E-state index in [4.69, 9.17) is 0 Å². The SMILES string of the molecule is CC(C)c1nccc(C(=O)N[C@H](C2CCNCC2)C2CC(O)C2)n1. The van der Waals surface area contributed by atoms with Crippen molar-refractivity contribution in [3.05, 3.63) is 23.8 Å². The van der Waals surface area contributed by atoms with Crippen molar-refractivity contribution in [3.63, 3.8) is 0 Å². The van der Waals surface area contributed by atoms with E-state index >= 15 is 0 Å². The predicted molar refractivity (Wildman–Crippen MR) is 91.7 cm³/mol. The summed E-state index contributed by atoms with van der Waals surface area (Å²) < 4.78 is 0. The van der Waals surface area contributed by atoms with Crippen LogP contribution in [-0.4, -0.2) is 46.2 Å². The average molecular weight is 332 g/mol. The number of amides is 1. The van der Waals surface area contributed by atoms with Gasteiger partial charge in [-0.1, -0.05) is 13.8 Å². The van der Waals surface area contributed by atoms with Crippen LogP contribution in [0.15, 0.2) is 12.3 Å². The van der Waals surface area contributed by atoms with E-state index in [-0.39, 0.29) is 24.0 Å². The molecule has 1 aromatic heterocycles. The first kappa shape index (κ1) is 17.3. The fourth-order valence-corrected chi connectivity index (χ4v) is 3.75. The van der Waals surface area contributed by atoms with E-state index < -0.39 is 0 Å². The van der Waals surface area contributed by atoms with Crippen LogP contribution in [0.2, 0.25) is 0 Å². The maximum atomic E-state index is 12.7. The Bertz CT molecular complexity index is 566. The first-order chi connectivity index (χ1) is 11.5. The van der Waals surface area contributed by atoms with Crippen molar-refractivity contribution in [1.82, 2.24) is 20.6 Å². The molecule has 0 radical (unpaired) electrons. The Balaban J connectivity index is 1.71. The molecular weight excluding hydrogens is 304 g/mol. The summed E-state index contributed by atoms with van der Waals surface area (Å²) in [5, 5.41) is 16.3. The highest BCUT2D eigenvalue weighted by molar-refractivity contribution is 5.92. The topological polar surface area (TPSA) is 87.1 Å². The highest BCUT2D eigenvalue weighted by Crippen LogP contribution is 2.35. The van der Waals surface area contributed by atoms with Gasteiger partial charge < -0.3 is 15.7 Å². The van der Waals surface area contributed by atoms with Gasteiger partial charge in [0.05, 0.1) is 6.10 Å². The molecule has 1 atom stereocenters. The maximum absolute atomic E-state index is 12.7. The quantitative estimate of drug-likeness (QED) is 0.760. The second-order valence-corrected chi connectivity index (χ2v) is 7.43. The molecule has 2 fully saturated rings. The second-order valence-electron chi connectivity index (χ2n) is 7.43. The molecule has 3 rings (SSSR count). The van der Waals surface area contributed by atoms with Gasteiger partial charge in [0.15, 0.2) is 0 Å². The number of aliphatic hydroxyl groups excluding tert-OH is 1. The van der Waals surface area contributed by atoms with Crippen LogP contribution < -0.4 is 10.6 Å². The number of hydrogen-bond donors (Lipinski definition) is 3. The number of carbonyl (C=O) groups is 1. The molecule has 132 valence electrons. The van der Waals surface area contributed by atoms with Crippen LogP contribution >= 0.6 is 0 Å². The van der Waals surface area contributed by atoms with E-state index in [1.807, 2.05) is 13.8 Å². The van der Waals surface area contributed by atoms with E-state index in [0.717, 1.165) is 38.8 Å². The first-order valence-electron chi connectivity index (χ1n) is 9.07. The summed E-state index contributed by atoms with van der Waals surface area (Å²) >= 11 is 0. The predicted octanol–water partition coefficient (Wildman–Crippen LogP) is 1.47. The minimum absolute atomic E-state index is 0.121. The fraction of sp³-hybridized carbons (Fsp3) is 0.722. The van der Waals surface area contributed by atoms with Gasteiger partial charge in [0, 0.05) is 18.2 Å². The molecule has 3 N–H and O–H groups in total. The average Bonchev–Trinajstić information content (AvgIpc) is 2.58. The molecule has 1 aliphatic carbocycles. The fourth-order valence-electron chi connectivity index (χ4n) is 3.75. The van der Waals surface area contributed by atoms with Gasteiger partial charge in [-0.3, -0.25) is 4.79 Å². The molecule has 0 unspecified atom stereocenters. The molecule has 0 aromatic carbocycles. The number of piperidine rings is 1. The largest absolute Gasteiger partial charge is 0.393 e. The Morgan fingerprint density at radius 1 is 1.29 bits per heavy atom. The molecule has 6 heteroatoms. The number of nitrogens with one attached hydrogen (secondary N) is 2. The van der Waals surface area contributed by atoms with Gasteiger partial charge in [0.1, 0.15) is 11.5 Å². The number of rotatable bonds is 5. The monoisotopic (exact) mass is 332 g/mol. The lowest BCUT2D eigenvalue weighted by Gasteiger charge is -2.43. The summed E-state index contributed by atoms with van der Waals surface area (Å²) in [6.07, 6.45) is 5.16. The van der Waals surface area contributed by atoms with Crippen molar-refractivity contribution in [3.8, 4) is 0 Å². The van der Waals surface area contributed by atoms with E-state index in [9.17, 15) is 9.90 Å². The molecule has 2 heterocycles. The van der Waals surface area contributed by atoms with Gasteiger partial charge in [0.25, 0.3) is 5.91 Å². The van der Waals surface area contributed by atoms with E-state index in [1.165, 1.54) is 0 Å². The molecular formula is C18H28N4O2. The molecule has 6 nitrogen and oxygen atoms in total. The van der Waals surface area contributed by atoms with Gasteiger partial charge in [-0.25, -0.2) is 9.97 Å². The Kier molecular flexibility index (Phi) is 5.46. The molecule has 0 bridgehead atoms. The molecule has 0 spiro atoms. The third kappa shape index (κ3) is 3.92. The zero-order valence-corrected chi connectivity index (χ0v) is 14.5. The van der Waals surface area contributed by atoms with Gasteiger partial charge >= 0.3 is 0 Å². The van der Waals surface area contributed by atoms with Crippen molar-refractivity contribution in [2.24, 2.45) is 11.8 Å².